The van der Waals surface area contributed by atoms with Crippen LogP contribution in [0.5, 0.6) is 0 Å². The smallest absolute Gasteiger partial charge is 0.259 e. The third-order valence-electron chi connectivity index (χ3n) is 3.49. The minimum Gasteiger partial charge on any atom is -0.359 e. The molecule has 1 amide bonds. The number of benzene rings is 1. The van der Waals surface area contributed by atoms with Crippen LogP contribution in [0.4, 0.5) is 5.69 Å². The van der Waals surface area contributed by atoms with Gasteiger partial charge in [-0.2, -0.15) is 5.10 Å². The van der Waals surface area contributed by atoms with E-state index in [1.165, 1.54) is 0 Å². The largest absolute Gasteiger partial charge is 0.359 e. The minimum absolute atomic E-state index is 0.137. The predicted molar refractivity (Wildman–Crippen MR) is 78.9 cm³/mol. The highest BCUT2D eigenvalue weighted by atomic mass is 16.1. The van der Waals surface area contributed by atoms with Gasteiger partial charge in [-0.25, -0.2) is 0 Å². The zero-order valence-electron chi connectivity index (χ0n) is 11.7. The number of aryl methyl sites for hydroxylation is 2. The van der Waals surface area contributed by atoms with Crippen molar-refractivity contribution in [1.29, 1.82) is 0 Å². The fourth-order valence-corrected chi connectivity index (χ4v) is 2.28. The third kappa shape index (κ3) is 2.07. The number of aromatic nitrogens is 3. The van der Waals surface area contributed by atoms with E-state index in [2.05, 4.69) is 21.5 Å². The number of anilines is 1. The topological polar surface area (TPSA) is 62.7 Å². The number of nitrogens with zero attached hydrogens (tertiary/aromatic N) is 2. The standard InChI is InChI=1S/C15H16N4O/c1-9-6-11-7-12(4-5-14(11)17-9)18-15(20)13-8-16-19(3)10(13)2/h4-8,17H,1-3H3,(H,18,20). The summed E-state index contributed by atoms with van der Waals surface area (Å²) in [4.78, 5) is 15.5. The first-order valence-corrected chi connectivity index (χ1v) is 6.44. The van der Waals surface area contributed by atoms with E-state index in [0.717, 1.165) is 28.0 Å². The van der Waals surface area contributed by atoms with Gasteiger partial charge >= 0.3 is 0 Å². The van der Waals surface area contributed by atoms with Crippen molar-refractivity contribution < 1.29 is 4.79 Å². The summed E-state index contributed by atoms with van der Waals surface area (Å²) in [6.07, 6.45) is 1.59. The molecule has 2 N–H and O–H groups in total. The number of H-pyrrole nitrogens is 1. The highest BCUT2D eigenvalue weighted by Gasteiger charge is 2.13. The van der Waals surface area contributed by atoms with Crippen molar-refractivity contribution in [3.63, 3.8) is 0 Å². The lowest BCUT2D eigenvalue weighted by Crippen LogP contribution is -2.12. The number of carbonyl (C=O) groups is 1. The second kappa shape index (κ2) is 4.52. The number of hydrogen-bond donors (Lipinski definition) is 2. The summed E-state index contributed by atoms with van der Waals surface area (Å²) < 4.78 is 1.69. The number of nitrogens with one attached hydrogen (secondary N) is 2. The number of amides is 1. The van der Waals surface area contributed by atoms with E-state index in [0.29, 0.717) is 5.56 Å². The Morgan fingerprint density at radius 1 is 1.30 bits per heavy atom. The molecule has 0 unspecified atom stereocenters. The van der Waals surface area contributed by atoms with Gasteiger partial charge in [0.2, 0.25) is 0 Å². The molecule has 0 aliphatic rings. The molecule has 0 aliphatic carbocycles. The molecule has 2 heterocycles. The Hall–Kier alpha value is -2.56. The zero-order chi connectivity index (χ0) is 14.3. The fraction of sp³-hybridized carbons (Fsp3) is 0.200. The van der Waals surface area contributed by atoms with Crippen molar-refractivity contribution in [3.8, 4) is 0 Å². The SMILES string of the molecule is Cc1cc2cc(NC(=O)c3cnn(C)c3C)ccc2[nH]1. The Kier molecular flexibility index (Phi) is 2.82. The number of hydrogen-bond acceptors (Lipinski definition) is 2. The summed E-state index contributed by atoms with van der Waals surface area (Å²) in [5.74, 6) is -0.137. The third-order valence-corrected chi connectivity index (χ3v) is 3.49. The molecule has 0 aliphatic heterocycles. The Labute approximate surface area is 116 Å². The lowest BCUT2D eigenvalue weighted by Gasteiger charge is -2.05. The van der Waals surface area contributed by atoms with Crippen molar-refractivity contribution in [2.45, 2.75) is 13.8 Å². The van der Waals surface area contributed by atoms with E-state index in [-0.39, 0.29) is 5.91 Å². The van der Waals surface area contributed by atoms with E-state index >= 15 is 0 Å². The van der Waals surface area contributed by atoms with Crippen LogP contribution in [-0.2, 0) is 7.05 Å². The van der Waals surface area contributed by atoms with Crippen molar-refractivity contribution >= 4 is 22.5 Å². The average Bonchev–Trinajstić information content (AvgIpc) is 2.92. The zero-order valence-corrected chi connectivity index (χ0v) is 11.7. The summed E-state index contributed by atoms with van der Waals surface area (Å²) >= 11 is 0. The molecular formula is C15H16N4O. The summed E-state index contributed by atoms with van der Waals surface area (Å²) in [6, 6.07) is 7.87. The highest BCUT2D eigenvalue weighted by Crippen LogP contribution is 2.20. The van der Waals surface area contributed by atoms with E-state index in [4.69, 9.17) is 0 Å². The molecule has 0 saturated heterocycles. The number of fused-ring (bicyclic) bond motifs is 1. The van der Waals surface area contributed by atoms with Crippen LogP contribution in [-0.4, -0.2) is 20.7 Å². The van der Waals surface area contributed by atoms with E-state index in [9.17, 15) is 4.79 Å². The number of aromatic amines is 1. The van der Waals surface area contributed by atoms with E-state index < -0.39 is 0 Å². The van der Waals surface area contributed by atoms with Gasteiger partial charge in [0.05, 0.1) is 11.8 Å². The molecule has 102 valence electrons. The van der Waals surface area contributed by atoms with Crippen molar-refractivity contribution in [2.24, 2.45) is 7.05 Å². The molecule has 5 nitrogen and oxygen atoms in total. The quantitative estimate of drug-likeness (QED) is 0.750. The van der Waals surface area contributed by atoms with Gasteiger partial charge in [-0.05, 0) is 38.1 Å². The van der Waals surface area contributed by atoms with Crippen molar-refractivity contribution in [1.82, 2.24) is 14.8 Å². The Morgan fingerprint density at radius 2 is 2.10 bits per heavy atom. The van der Waals surface area contributed by atoms with Crippen LogP contribution in [0.25, 0.3) is 10.9 Å². The molecule has 0 saturated carbocycles. The molecule has 3 rings (SSSR count). The van der Waals surface area contributed by atoms with Gasteiger partial charge in [0, 0.05) is 35.0 Å². The summed E-state index contributed by atoms with van der Waals surface area (Å²) in [7, 11) is 1.82. The molecule has 2 aromatic heterocycles. The van der Waals surface area contributed by atoms with E-state index in [1.54, 1.807) is 10.9 Å². The maximum absolute atomic E-state index is 12.2. The van der Waals surface area contributed by atoms with Crippen LogP contribution < -0.4 is 5.32 Å². The molecule has 0 atom stereocenters. The van der Waals surface area contributed by atoms with Gasteiger partial charge < -0.3 is 10.3 Å². The van der Waals surface area contributed by atoms with Gasteiger partial charge in [-0.1, -0.05) is 0 Å². The second-order valence-electron chi connectivity index (χ2n) is 4.98. The predicted octanol–water partition coefficient (Wildman–Crippen LogP) is 2.77. The van der Waals surface area contributed by atoms with Gasteiger partial charge in [0.15, 0.2) is 0 Å². The maximum Gasteiger partial charge on any atom is 0.259 e. The van der Waals surface area contributed by atoms with Gasteiger partial charge in [0.25, 0.3) is 5.91 Å². The molecule has 20 heavy (non-hydrogen) atoms. The number of carbonyl (C=O) groups excluding carboxylic acids is 1. The highest BCUT2D eigenvalue weighted by molar-refractivity contribution is 6.05. The van der Waals surface area contributed by atoms with Gasteiger partial charge in [0.1, 0.15) is 0 Å². The first kappa shape index (κ1) is 12.5. The van der Waals surface area contributed by atoms with Crippen molar-refractivity contribution in [2.75, 3.05) is 5.32 Å². The molecule has 0 fully saturated rings. The Bertz CT molecular complexity index is 797. The van der Waals surface area contributed by atoms with Crippen LogP contribution >= 0.6 is 0 Å². The molecule has 0 radical (unpaired) electrons. The Balaban J connectivity index is 1.88. The number of rotatable bonds is 2. The monoisotopic (exact) mass is 268 g/mol. The molecule has 3 aromatic rings. The Morgan fingerprint density at radius 3 is 2.80 bits per heavy atom. The summed E-state index contributed by atoms with van der Waals surface area (Å²) in [5.41, 5.74) is 4.40. The normalized spacial score (nSPS) is 10.9. The first-order valence-electron chi connectivity index (χ1n) is 6.44. The van der Waals surface area contributed by atoms with Crippen molar-refractivity contribution in [3.05, 3.63) is 47.4 Å². The van der Waals surface area contributed by atoms with Crippen LogP contribution in [0, 0.1) is 13.8 Å². The molecule has 0 spiro atoms. The van der Waals surface area contributed by atoms with Crippen LogP contribution in [0.15, 0.2) is 30.5 Å². The molecule has 0 bridgehead atoms. The lowest BCUT2D eigenvalue weighted by atomic mass is 10.2. The lowest BCUT2D eigenvalue weighted by molar-refractivity contribution is 0.102. The first-order chi connectivity index (χ1) is 9.54. The second-order valence-corrected chi connectivity index (χ2v) is 4.98. The van der Waals surface area contributed by atoms with Crippen LogP contribution in [0.3, 0.4) is 0 Å². The molecular weight excluding hydrogens is 252 g/mol. The fourth-order valence-electron chi connectivity index (χ4n) is 2.28. The molecule has 1 aromatic carbocycles. The minimum atomic E-state index is -0.137. The van der Waals surface area contributed by atoms with Gasteiger partial charge in [-0.3, -0.25) is 9.48 Å². The van der Waals surface area contributed by atoms with Crippen LogP contribution in [0.2, 0.25) is 0 Å². The van der Waals surface area contributed by atoms with Crippen LogP contribution in [0.1, 0.15) is 21.7 Å². The summed E-state index contributed by atoms with van der Waals surface area (Å²) in [6.45, 7) is 3.89. The molecule has 5 heteroatoms. The average molecular weight is 268 g/mol. The van der Waals surface area contributed by atoms with E-state index in [1.807, 2.05) is 39.1 Å². The summed E-state index contributed by atoms with van der Waals surface area (Å²) in [5, 5.41) is 8.08. The maximum atomic E-state index is 12.2. The van der Waals surface area contributed by atoms with Gasteiger partial charge in [-0.15, -0.1) is 0 Å².